The van der Waals surface area contributed by atoms with Crippen molar-refractivity contribution < 1.29 is 9.66 Å². The number of hydrogen-bond donors (Lipinski definition) is 0. The van der Waals surface area contributed by atoms with E-state index in [2.05, 4.69) is 15.9 Å². The first-order valence-electron chi connectivity index (χ1n) is 6.39. The molecular formula is C16H14BrNO3. The Morgan fingerprint density at radius 2 is 1.95 bits per heavy atom. The smallest absolute Gasteiger partial charge is 0.283 e. The van der Waals surface area contributed by atoms with Crippen molar-refractivity contribution in [2.75, 3.05) is 6.61 Å². The van der Waals surface area contributed by atoms with Gasteiger partial charge in [-0.3, -0.25) is 10.1 Å². The second-order valence-electron chi connectivity index (χ2n) is 4.37. The summed E-state index contributed by atoms with van der Waals surface area (Å²) in [5.41, 5.74) is 1.94. The quantitative estimate of drug-likeness (QED) is 0.436. The highest BCUT2D eigenvalue weighted by atomic mass is 79.9. The molecule has 0 N–H and O–H groups in total. The Kier molecular flexibility index (Phi) is 5.66. The van der Waals surface area contributed by atoms with Crippen molar-refractivity contribution in [3.8, 4) is 0 Å². The molecule has 0 saturated carbocycles. The molecule has 0 amide bonds. The lowest BCUT2D eigenvalue weighted by Crippen LogP contribution is -1.95. The second kappa shape index (κ2) is 7.71. The lowest BCUT2D eigenvalue weighted by Gasteiger charge is -2.03. The van der Waals surface area contributed by atoms with Crippen molar-refractivity contribution in [2.24, 2.45) is 0 Å². The molecular weight excluding hydrogens is 334 g/mol. The predicted octanol–water partition coefficient (Wildman–Crippen LogP) is 4.59. The predicted molar refractivity (Wildman–Crippen MR) is 85.9 cm³/mol. The molecule has 0 heterocycles. The highest BCUT2D eigenvalue weighted by Gasteiger charge is 2.11. The van der Waals surface area contributed by atoms with Gasteiger partial charge in [0, 0.05) is 6.07 Å². The zero-order valence-electron chi connectivity index (χ0n) is 11.2. The lowest BCUT2D eigenvalue weighted by atomic mass is 10.2. The van der Waals surface area contributed by atoms with Crippen LogP contribution in [0.2, 0.25) is 0 Å². The Hall–Kier alpha value is -1.98. The summed E-state index contributed by atoms with van der Waals surface area (Å²) >= 11 is 3.16. The summed E-state index contributed by atoms with van der Waals surface area (Å²) in [6, 6.07) is 14.9. The Balaban J connectivity index is 1.85. The van der Waals surface area contributed by atoms with E-state index in [1.54, 1.807) is 12.1 Å². The average molecular weight is 348 g/mol. The van der Waals surface area contributed by atoms with Crippen LogP contribution in [0, 0.1) is 10.1 Å². The number of nitro groups is 1. The minimum Gasteiger partial charge on any atom is -0.373 e. The van der Waals surface area contributed by atoms with Crippen LogP contribution in [0.15, 0.2) is 59.1 Å². The maximum atomic E-state index is 10.8. The van der Waals surface area contributed by atoms with E-state index < -0.39 is 4.92 Å². The lowest BCUT2D eigenvalue weighted by molar-refractivity contribution is -0.385. The average Bonchev–Trinajstić information content (AvgIpc) is 2.49. The molecule has 0 atom stereocenters. The Bertz CT molecular complexity index is 641. The molecule has 0 radical (unpaired) electrons. The Morgan fingerprint density at radius 1 is 1.19 bits per heavy atom. The molecule has 0 aliphatic rings. The summed E-state index contributed by atoms with van der Waals surface area (Å²) < 4.78 is 5.96. The van der Waals surface area contributed by atoms with Gasteiger partial charge in [-0.25, -0.2) is 0 Å². The molecule has 5 heteroatoms. The van der Waals surface area contributed by atoms with Crippen molar-refractivity contribution >= 4 is 27.7 Å². The van der Waals surface area contributed by atoms with Gasteiger partial charge in [0.15, 0.2) is 0 Å². The van der Waals surface area contributed by atoms with Gasteiger partial charge < -0.3 is 4.74 Å². The molecule has 2 rings (SSSR count). The van der Waals surface area contributed by atoms with Gasteiger partial charge in [-0.15, -0.1) is 0 Å². The van der Waals surface area contributed by atoms with E-state index in [1.807, 2.05) is 42.5 Å². The maximum Gasteiger partial charge on any atom is 0.283 e. The van der Waals surface area contributed by atoms with E-state index in [4.69, 9.17) is 4.74 Å². The first kappa shape index (κ1) is 15.4. The van der Waals surface area contributed by atoms with Crippen molar-refractivity contribution in [2.45, 2.75) is 6.61 Å². The minimum absolute atomic E-state index is 0.0518. The van der Waals surface area contributed by atoms with Crippen molar-refractivity contribution in [1.82, 2.24) is 0 Å². The van der Waals surface area contributed by atoms with Gasteiger partial charge in [-0.05, 0) is 33.1 Å². The molecule has 2 aromatic rings. The van der Waals surface area contributed by atoms with Crippen LogP contribution in [0.5, 0.6) is 0 Å². The van der Waals surface area contributed by atoms with Crippen LogP contribution < -0.4 is 0 Å². The fraction of sp³-hybridized carbons (Fsp3) is 0.125. The standard InChI is InChI=1S/C16H14BrNO3/c17-15-9-8-14(11-16(15)18(19)20)12-21-10-4-7-13-5-2-1-3-6-13/h1-9,11H,10,12H2/b7-4+. The van der Waals surface area contributed by atoms with E-state index in [0.29, 0.717) is 17.7 Å². The molecule has 0 bridgehead atoms. The van der Waals surface area contributed by atoms with Gasteiger partial charge >= 0.3 is 0 Å². The normalized spacial score (nSPS) is 10.9. The fourth-order valence-corrected chi connectivity index (χ4v) is 2.17. The molecule has 0 aliphatic carbocycles. The molecule has 108 valence electrons. The number of ether oxygens (including phenoxy) is 1. The van der Waals surface area contributed by atoms with Crippen molar-refractivity contribution in [1.29, 1.82) is 0 Å². The molecule has 2 aromatic carbocycles. The van der Waals surface area contributed by atoms with Crippen LogP contribution in [-0.4, -0.2) is 11.5 Å². The monoisotopic (exact) mass is 347 g/mol. The van der Waals surface area contributed by atoms with Crippen LogP contribution in [-0.2, 0) is 11.3 Å². The van der Waals surface area contributed by atoms with E-state index in [-0.39, 0.29) is 5.69 Å². The van der Waals surface area contributed by atoms with Crippen LogP contribution >= 0.6 is 15.9 Å². The summed E-state index contributed by atoms with van der Waals surface area (Å²) in [6.45, 7) is 0.798. The topological polar surface area (TPSA) is 52.4 Å². The largest absolute Gasteiger partial charge is 0.373 e. The summed E-state index contributed by atoms with van der Waals surface area (Å²) in [5, 5.41) is 10.8. The van der Waals surface area contributed by atoms with Crippen LogP contribution in [0.25, 0.3) is 6.08 Å². The van der Waals surface area contributed by atoms with Crippen molar-refractivity contribution in [3.05, 3.63) is 80.3 Å². The Labute approximate surface area is 131 Å². The summed E-state index contributed by atoms with van der Waals surface area (Å²) in [4.78, 5) is 10.4. The number of halogens is 1. The number of nitrogens with zero attached hydrogens (tertiary/aromatic N) is 1. The highest BCUT2D eigenvalue weighted by Crippen LogP contribution is 2.25. The fourth-order valence-electron chi connectivity index (χ4n) is 1.78. The zero-order chi connectivity index (χ0) is 15.1. The number of rotatable bonds is 6. The van der Waals surface area contributed by atoms with Crippen LogP contribution in [0.1, 0.15) is 11.1 Å². The van der Waals surface area contributed by atoms with E-state index in [0.717, 1.165) is 11.1 Å². The first-order chi connectivity index (χ1) is 10.2. The van der Waals surface area contributed by atoms with Gasteiger partial charge in [0.2, 0.25) is 0 Å². The van der Waals surface area contributed by atoms with Gasteiger partial charge in [0.25, 0.3) is 5.69 Å². The SMILES string of the molecule is O=[N+]([O-])c1cc(COC/C=C/c2ccccc2)ccc1Br. The molecule has 0 fully saturated rings. The van der Waals surface area contributed by atoms with E-state index in [1.165, 1.54) is 6.07 Å². The van der Waals surface area contributed by atoms with E-state index in [9.17, 15) is 10.1 Å². The maximum absolute atomic E-state index is 10.8. The van der Waals surface area contributed by atoms with E-state index >= 15 is 0 Å². The molecule has 0 unspecified atom stereocenters. The van der Waals surface area contributed by atoms with Crippen LogP contribution in [0.3, 0.4) is 0 Å². The third kappa shape index (κ3) is 4.81. The molecule has 0 saturated heterocycles. The third-order valence-electron chi connectivity index (χ3n) is 2.80. The third-order valence-corrected chi connectivity index (χ3v) is 3.47. The van der Waals surface area contributed by atoms with Gasteiger partial charge in [0.1, 0.15) is 0 Å². The highest BCUT2D eigenvalue weighted by molar-refractivity contribution is 9.10. The summed E-state index contributed by atoms with van der Waals surface area (Å²) in [5.74, 6) is 0. The van der Waals surface area contributed by atoms with Gasteiger partial charge in [-0.1, -0.05) is 48.6 Å². The second-order valence-corrected chi connectivity index (χ2v) is 5.23. The molecule has 4 nitrogen and oxygen atoms in total. The van der Waals surface area contributed by atoms with Crippen LogP contribution in [0.4, 0.5) is 5.69 Å². The summed E-state index contributed by atoms with van der Waals surface area (Å²) in [6.07, 6.45) is 3.90. The molecule has 0 aliphatic heterocycles. The Morgan fingerprint density at radius 3 is 2.67 bits per heavy atom. The number of benzene rings is 2. The number of hydrogen-bond acceptors (Lipinski definition) is 3. The van der Waals surface area contributed by atoms with Gasteiger partial charge in [0.05, 0.1) is 22.6 Å². The summed E-state index contributed by atoms with van der Waals surface area (Å²) in [7, 11) is 0. The molecule has 0 spiro atoms. The molecule has 21 heavy (non-hydrogen) atoms. The van der Waals surface area contributed by atoms with Crippen molar-refractivity contribution in [3.63, 3.8) is 0 Å². The minimum atomic E-state index is -0.414. The first-order valence-corrected chi connectivity index (χ1v) is 7.18. The van der Waals surface area contributed by atoms with Gasteiger partial charge in [-0.2, -0.15) is 0 Å². The molecule has 0 aromatic heterocycles. The number of nitro benzene ring substituents is 1. The zero-order valence-corrected chi connectivity index (χ0v) is 12.8.